The predicted molar refractivity (Wildman–Crippen MR) is 68.2 cm³/mol. The van der Waals surface area contributed by atoms with Crippen molar-refractivity contribution in [2.75, 3.05) is 0 Å². The van der Waals surface area contributed by atoms with Crippen LogP contribution in [-0.2, 0) is 6.54 Å². The van der Waals surface area contributed by atoms with Gasteiger partial charge in [0, 0.05) is 11.6 Å². The van der Waals surface area contributed by atoms with Crippen molar-refractivity contribution in [3.63, 3.8) is 0 Å². The molecule has 18 heavy (non-hydrogen) atoms. The lowest BCUT2D eigenvalue weighted by Gasteiger charge is -2.14. The van der Waals surface area contributed by atoms with Crippen molar-refractivity contribution < 1.29 is 4.39 Å². The number of nitrogens with zero attached hydrogens (tertiary/aromatic N) is 3. The molecule has 0 aliphatic heterocycles. The van der Waals surface area contributed by atoms with Crippen LogP contribution in [0.2, 0.25) is 0 Å². The van der Waals surface area contributed by atoms with Gasteiger partial charge in [-0.05, 0) is 30.2 Å². The summed E-state index contributed by atoms with van der Waals surface area (Å²) in [6, 6.07) is 6.24. The number of aromatic nitrogens is 3. The molecule has 2 rings (SSSR count). The minimum atomic E-state index is -0.257. The number of benzene rings is 1. The molecule has 4 nitrogen and oxygen atoms in total. The van der Waals surface area contributed by atoms with Gasteiger partial charge in [0.05, 0.1) is 12.7 Å². The first kappa shape index (κ1) is 12.7. The van der Waals surface area contributed by atoms with E-state index in [1.807, 2.05) is 6.20 Å². The van der Waals surface area contributed by atoms with Gasteiger partial charge in [-0.2, -0.15) is 0 Å². The smallest absolute Gasteiger partial charge is 0.123 e. The van der Waals surface area contributed by atoms with Crippen molar-refractivity contribution in [3.05, 3.63) is 36.3 Å². The molecule has 1 aromatic carbocycles. The summed E-state index contributed by atoms with van der Waals surface area (Å²) in [5.41, 5.74) is 7.55. The van der Waals surface area contributed by atoms with Gasteiger partial charge in [0.25, 0.3) is 0 Å². The van der Waals surface area contributed by atoms with E-state index >= 15 is 0 Å². The molecule has 2 N–H and O–H groups in total. The Kier molecular flexibility index (Phi) is 3.72. The van der Waals surface area contributed by atoms with Crippen molar-refractivity contribution in [2.24, 2.45) is 11.7 Å². The third-order valence-electron chi connectivity index (χ3n) is 2.93. The van der Waals surface area contributed by atoms with Crippen LogP contribution in [0.15, 0.2) is 30.5 Å². The highest BCUT2D eigenvalue weighted by molar-refractivity contribution is 5.57. The Morgan fingerprint density at radius 3 is 2.56 bits per heavy atom. The van der Waals surface area contributed by atoms with Gasteiger partial charge in [0.15, 0.2) is 0 Å². The second-order valence-electron chi connectivity index (χ2n) is 4.74. The Labute approximate surface area is 106 Å². The Hall–Kier alpha value is -1.75. The molecular formula is C13H17FN4. The Bertz CT molecular complexity index is 504. The molecule has 0 aliphatic carbocycles. The van der Waals surface area contributed by atoms with Crippen LogP contribution in [0.4, 0.5) is 4.39 Å². The molecule has 0 bridgehead atoms. The molecule has 0 spiro atoms. The fourth-order valence-electron chi connectivity index (χ4n) is 1.57. The van der Waals surface area contributed by atoms with Crippen molar-refractivity contribution in [1.82, 2.24) is 15.0 Å². The van der Waals surface area contributed by atoms with Gasteiger partial charge < -0.3 is 5.73 Å². The number of rotatable bonds is 4. The lowest BCUT2D eigenvalue weighted by molar-refractivity contribution is 0.408. The maximum atomic E-state index is 12.8. The first-order valence-electron chi connectivity index (χ1n) is 5.98. The fourth-order valence-corrected chi connectivity index (χ4v) is 1.57. The van der Waals surface area contributed by atoms with Crippen LogP contribution in [0.25, 0.3) is 11.3 Å². The first-order chi connectivity index (χ1) is 8.56. The van der Waals surface area contributed by atoms with Crippen molar-refractivity contribution >= 4 is 0 Å². The highest BCUT2D eigenvalue weighted by Crippen LogP contribution is 2.16. The maximum Gasteiger partial charge on any atom is 0.123 e. The maximum absolute atomic E-state index is 12.8. The summed E-state index contributed by atoms with van der Waals surface area (Å²) in [4.78, 5) is 0. The van der Waals surface area contributed by atoms with Crippen LogP contribution in [-0.4, -0.2) is 21.0 Å². The Balaban J connectivity index is 2.13. The summed E-state index contributed by atoms with van der Waals surface area (Å²) in [6.07, 6.45) is 1.83. The molecule has 5 heteroatoms. The quantitative estimate of drug-likeness (QED) is 0.901. The predicted octanol–water partition coefficient (Wildman–Crippen LogP) is 2.07. The summed E-state index contributed by atoms with van der Waals surface area (Å²) < 4.78 is 14.5. The Morgan fingerprint density at radius 2 is 1.94 bits per heavy atom. The van der Waals surface area contributed by atoms with Gasteiger partial charge in [-0.25, -0.2) is 4.39 Å². The van der Waals surface area contributed by atoms with Crippen LogP contribution in [0.5, 0.6) is 0 Å². The summed E-state index contributed by atoms with van der Waals surface area (Å²) in [7, 11) is 0. The monoisotopic (exact) mass is 248 g/mol. The highest BCUT2D eigenvalue weighted by atomic mass is 19.1. The van der Waals surface area contributed by atoms with E-state index in [0.29, 0.717) is 12.5 Å². The zero-order valence-electron chi connectivity index (χ0n) is 10.5. The molecular weight excluding hydrogens is 231 g/mol. The fraction of sp³-hybridized carbons (Fsp3) is 0.385. The van der Waals surface area contributed by atoms with Gasteiger partial charge in [0.2, 0.25) is 0 Å². The summed E-state index contributed by atoms with van der Waals surface area (Å²) in [6.45, 7) is 4.77. The number of hydrogen-bond donors (Lipinski definition) is 1. The molecule has 0 saturated carbocycles. The normalized spacial score (nSPS) is 12.9. The number of halogens is 1. The first-order valence-corrected chi connectivity index (χ1v) is 5.98. The Morgan fingerprint density at radius 1 is 1.28 bits per heavy atom. The van der Waals surface area contributed by atoms with E-state index in [9.17, 15) is 4.39 Å². The van der Waals surface area contributed by atoms with Gasteiger partial charge in [-0.1, -0.05) is 19.1 Å². The van der Waals surface area contributed by atoms with E-state index in [-0.39, 0.29) is 11.9 Å². The van der Waals surface area contributed by atoms with E-state index in [1.54, 1.807) is 16.8 Å². The third-order valence-corrected chi connectivity index (χ3v) is 2.93. The molecule has 96 valence electrons. The van der Waals surface area contributed by atoms with Gasteiger partial charge >= 0.3 is 0 Å². The van der Waals surface area contributed by atoms with Crippen molar-refractivity contribution in [1.29, 1.82) is 0 Å². The molecule has 2 aromatic rings. The van der Waals surface area contributed by atoms with Crippen molar-refractivity contribution in [2.45, 2.75) is 26.4 Å². The summed E-state index contributed by atoms with van der Waals surface area (Å²) in [5.74, 6) is 0.136. The lowest BCUT2D eigenvalue weighted by atomic mass is 10.1. The average molecular weight is 248 g/mol. The van der Waals surface area contributed by atoms with E-state index in [4.69, 9.17) is 5.73 Å². The molecule has 1 unspecified atom stereocenters. The van der Waals surface area contributed by atoms with Crippen LogP contribution < -0.4 is 5.73 Å². The van der Waals surface area contributed by atoms with Crippen LogP contribution in [0.3, 0.4) is 0 Å². The van der Waals surface area contributed by atoms with Gasteiger partial charge in [-0.3, -0.25) is 4.68 Å². The SMILES string of the molecule is CC(C)C(N)Cn1cc(-c2ccc(F)cc2)nn1. The van der Waals surface area contributed by atoms with E-state index < -0.39 is 0 Å². The van der Waals surface area contributed by atoms with Crippen molar-refractivity contribution in [3.8, 4) is 11.3 Å². The van der Waals surface area contributed by atoms with Crippen LogP contribution in [0, 0.1) is 11.7 Å². The zero-order valence-corrected chi connectivity index (χ0v) is 10.5. The standard InChI is InChI=1S/C13H17FN4/c1-9(2)12(15)7-18-8-13(16-17-18)10-3-5-11(14)6-4-10/h3-6,8-9,12H,7,15H2,1-2H3. The van der Waals surface area contributed by atoms with Gasteiger partial charge in [-0.15, -0.1) is 5.10 Å². The molecule has 1 atom stereocenters. The van der Waals surface area contributed by atoms with Gasteiger partial charge in [0.1, 0.15) is 11.5 Å². The molecule has 0 aliphatic rings. The minimum absolute atomic E-state index is 0.0489. The molecule has 0 saturated heterocycles. The van der Waals surface area contributed by atoms with Crippen LogP contribution >= 0.6 is 0 Å². The van der Waals surface area contributed by atoms with E-state index in [1.165, 1.54) is 12.1 Å². The molecule has 0 fully saturated rings. The topological polar surface area (TPSA) is 56.7 Å². The second kappa shape index (κ2) is 5.27. The van der Waals surface area contributed by atoms with E-state index in [0.717, 1.165) is 11.3 Å². The summed E-state index contributed by atoms with van der Waals surface area (Å²) >= 11 is 0. The molecule has 0 amide bonds. The highest BCUT2D eigenvalue weighted by Gasteiger charge is 2.10. The third kappa shape index (κ3) is 2.92. The molecule has 1 heterocycles. The largest absolute Gasteiger partial charge is 0.326 e. The lowest BCUT2D eigenvalue weighted by Crippen LogP contribution is -2.31. The second-order valence-corrected chi connectivity index (χ2v) is 4.74. The summed E-state index contributed by atoms with van der Waals surface area (Å²) in [5, 5.41) is 8.09. The average Bonchev–Trinajstić information content (AvgIpc) is 2.78. The van der Waals surface area contributed by atoms with Crippen LogP contribution in [0.1, 0.15) is 13.8 Å². The minimum Gasteiger partial charge on any atom is -0.326 e. The van der Waals surface area contributed by atoms with E-state index in [2.05, 4.69) is 24.2 Å². The molecule has 0 radical (unpaired) electrons. The number of hydrogen-bond acceptors (Lipinski definition) is 3. The zero-order chi connectivity index (χ0) is 13.1. The number of nitrogens with two attached hydrogens (primary N) is 1. The molecule has 1 aromatic heterocycles.